The molecule has 0 aliphatic carbocycles. The highest BCUT2D eigenvalue weighted by atomic mass is 35.5. The molecule has 1 N–H and O–H groups in total. The van der Waals surface area contributed by atoms with Gasteiger partial charge in [-0.2, -0.15) is 0 Å². The van der Waals surface area contributed by atoms with Gasteiger partial charge in [0, 0.05) is 21.2 Å². The van der Waals surface area contributed by atoms with Gasteiger partial charge in [0.2, 0.25) is 0 Å². The van der Waals surface area contributed by atoms with Gasteiger partial charge in [-0.3, -0.25) is 0 Å². The molecule has 6 heteroatoms. The molecule has 2 aromatic carbocycles. The fourth-order valence-electron chi connectivity index (χ4n) is 1.59. The van der Waals surface area contributed by atoms with Gasteiger partial charge in [0.05, 0.1) is 15.1 Å². The molecule has 0 saturated heterocycles. The zero-order valence-corrected chi connectivity index (χ0v) is 12.4. The van der Waals surface area contributed by atoms with E-state index < -0.39 is 0 Å². The van der Waals surface area contributed by atoms with Gasteiger partial charge >= 0.3 is 0 Å². The Morgan fingerprint density at radius 1 is 0.611 bits per heavy atom. The molecule has 0 heterocycles. The van der Waals surface area contributed by atoms with E-state index in [-0.39, 0.29) is 10.8 Å². The molecule has 0 aliphatic rings. The molecule has 1 nitrogen and oxygen atoms in total. The van der Waals surface area contributed by atoms with Crippen molar-refractivity contribution < 1.29 is 5.11 Å². The highest BCUT2D eigenvalue weighted by Gasteiger charge is 2.17. The lowest BCUT2D eigenvalue weighted by atomic mass is 10.0. The summed E-state index contributed by atoms with van der Waals surface area (Å²) in [4.78, 5) is 0. The first-order valence-electron chi connectivity index (χ1n) is 4.73. The third kappa shape index (κ3) is 2.66. The second-order valence-electron chi connectivity index (χ2n) is 3.53. The molecule has 0 unspecified atom stereocenters. The average Bonchev–Trinajstić information content (AvgIpc) is 2.20. The molecule has 0 atom stereocenters. The quantitative estimate of drug-likeness (QED) is 0.642. The smallest absolute Gasteiger partial charge is 0.126 e. The van der Waals surface area contributed by atoms with E-state index in [1.807, 2.05) is 0 Å². The SMILES string of the molecule is Oc1cc(Cl)cc(Cl)c1-c1c(Cl)cc(Cl)cc1Cl. The van der Waals surface area contributed by atoms with Crippen molar-refractivity contribution in [3.05, 3.63) is 49.4 Å². The number of benzene rings is 2. The Morgan fingerprint density at radius 2 is 1.00 bits per heavy atom. The summed E-state index contributed by atoms with van der Waals surface area (Å²) >= 11 is 29.8. The van der Waals surface area contributed by atoms with Crippen LogP contribution in [0.3, 0.4) is 0 Å². The summed E-state index contributed by atoms with van der Waals surface area (Å²) in [7, 11) is 0. The Balaban J connectivity index is 2.78. The largest absolute Gasteiger partial charge is 0.507 e. The lowest BCUT2D eigenvalue weighted by molar-refractivity contribution is 0.477. The number of rotatable bonds is 1. The second kappa shape index (κ2) is 5.36. The van der Waals surface area contributed by atoms with E-state index in [4.69, 9.17) is 58.0 Å². The Morgan fingerprint density at radius 3 is 1.44 bits per heavy atom. The fourth-order valence-corrected chi connectivity index (χ4v) is 3.17. The van der Waals surface area contributed by atoms with Crippen LogP contribution in [-0.4, -0.2) is 5.11 Å². The van der Waals surface area contributed by atoms with E-state index in [2.05, 4.69) is 0 Å². The number of aromatic hydroxyl groups is 1. The minimum absolute atomic E-state index is 0.0985. The topological polar surface area (TPSA) is 20.2 Å². The first-order valence-corrected chi connectivity index (χ1v) is 6.62. The van der Waals surface area contributed by atoms with E-state index in [1.54, 1.807) is 0 Å². The maximum Gasteiger partial charge on any atom is 0.126 e. The van der Waals surface area contributed by atoms with Crippen molar-refractivity contribution >= 4 is 58.0 Å². The van der Waals surface area contributed by atoms with Crippen molar-refractivity contribution in [1.29, 1.82) is 0 Å². The summed E-state index contributed by atoms with van der Waals surface area (Å²) in [6.45, 7) is 0. The van der Waals surface area contributed by atoms with Gasteiger partial charge < -0.3 is 5.11 Å². The molecule has 0 spiro atoms. The lowest BCUT2D eigenvalue weighted by Gasteiger charge is -2.12. The zero-order valence-electron chi connectivity index (χ0n) is 8.65. The van der Waals surface area contributed by atoms with Crippen molar-refractivity contribution in [1.82, 2.24) is 0 Å². The van der Waals surface area contributed by atoms with E-state index in [0.717, 1.165) is 0 Å². The molecular weight excluding hydrogens is 337 g/mol. The van der Waals surface area contributed by atoms with Crippen molar-refractivity contribution in [2.45, 2.75) is 0 Å². The summed E-state index contributed by atoms with van der Waals surface area (Å²) in [5.41, 5.74) is 0.745. The van der Waals surface area contributed by atoms with Gasteiger partial charge in [-0.25, -0.2) is 0 Å². The van der Waals surface area contributed by atoms with Crippen LogP contribution in [0.1, 0.15) is 0 Å². The molecule has 94 valence electrons. The molecule has 2 rings (SSSR count). The summed E-state index contributed by atoms with van der Waals surface area (Å²) in [6.07, 6.45) is 0. The first-order chi connectivity index (χ1) is 8.40. The third-order valence-electron chi connectivity index (χ3n) is 2.29. The molecule has 0 aromatic heterocycles. The monoisotopic (exact) mass is 340 g/mol. The minimum Gasteiger partial charge on any atom is -0.507 e. The highest BCUT2D eigenvalue weighted by Crippen LogP contribution is 2.45. The molecule has 0 saturated carbocycles. The molecule has 0 amide bonds. The van der Waals surface area contributed by atoms with Gasteiger partial charge in [-0.15, -0.1) is 0 Å². The van der Waals surface area contributed by atoms with Crippen LogP contribution in [0.2, 0.25) is 25.1 Å². The van der Waals surface area contributed by atoms with Crippen LogP contribution >= 0.6 is 58.0 Å². The van der Waals surface area contributed by atoms with E-state index in [1.165, 1.54) is 24.3 Å². The summed E-state index contributed by atoms with van der Waals surface area (Å²) in [5.74, 6) is -0.0985. The molecule has 0 fully saturated rings. The summed E-state index contributed by atoms with van der Waals surface area (Å²) in [6, 6.07) is 5.91. The maximum absolute atomic E-state index is 9.92. The molecular formula is C12H5Cl5O. The van der Waals surface area contributed by atoms with Gasteiger partial charge in [-0.05, 0) is 24.3 Å². The third-order valence-corrected chi connectivity index (χ3v) is 3.62. The highest BCUT2D eigenvalue weighted by molar-refractivity contribution is 6.43. The molecule has 18 heavy (non-hydrogen) atoms. The van der Waals surface area contributed by atoms with E-state index in [0.29, 0.717) is 31.2 Å². The lowest BCUT2D eigenvalue weighted by Crippen LogP contribution is -1.86. The van der Waals surface area contributed by atoms with Crippen LogP contribution in [0.4, 0.5) is 0 Å². The van der Waals surface area contributed by atoms with Crippen LogP contribution < -0.4 is 0 Å². The Hall–Kier alpha value is -0.310. The van der Waals surface area contributed by atoms with E-state index >= 15 is 0 Å². The van der Waals surface area contributed by atoms with Crippen molar-refractivity contribution in [3.63, 3.8) is 0 Å². The van der Waals surface area contributed by atoms with Crippen LogP contribution in [0.5, 0.6) is 5.75 Å². The zero-order chi connectivity index (χ0) is 13.4. The van der Waals surface area contributed by atoms with Crippen LogP contribution in [0.25, 0.3) is 11.1 Å². The summed E-state index contributed by atoms with van der Waals surface area (Å²) < 4.78 is 0. The van der Waals surface area contributed by atoms with Crippen molar-refractivity contribution in [3.8, 4) is 16.9 Å². The summed E-state index contributed by atoms with van der Waals surface area (Å²) in [5, 5.41) is 11.5. The van der Waals surface area contributed by atoms with Gasteiger partial charge in [-0.1, -0.05) is 58.0 Å². The number of hydrogen-bond donors (Lipinski definition) is 1. The predicted molar refractivity (Wildman–Crippen MR) is 78.6 cm³/mol. The van der Waals surface area contributed by atoms with Crippen LogP contribution in [0, 0.1) is 0 Å². The predicted octanol–water partition coefficient (Wildman–Crippen LogP) is 6.33. The fraction of sp³-hybridized carbons (Fsp3) is 0. The normalized spacial score (nSPS) is 10.7. The minimum atomic E-state index is -0.0985. The number of halogens is 5. The Labute approximate surface area is 129 Å². The van der Waals surface area contributed by atoms with Gasteiger partial charge in [0.1, 0.15) is 5.75 Å². The number of phenols is 1. The molecule has 0 aliphatic heterocycles. The number of phenolic OH excluding ortho intramolecular Hbond substituents is 1. The standard InChI is InChI=1S/C12H5Cl5O/c13-5-1-7(15)11(8(16)2-5)12-9(17)3-6(14)4-10(12)18/h1-4,18H. The second-order valence-corrected chi connectivity index (χ2v) is 5.62. The molecule has 0 radical (unpaired) electrons. The van der Waals surface area contributed by atoms with Gasteiger partial charge in [0.15, 0.2) is 0 Å². The Bertz CT molecular complexity index is 522. The van der Waals surface area contributed by atoms with E-state index in [9.17, 15) is 5.11 Å². The van der Waals surface area contributed by atoms with Crippen molar-refractivity contribution in [2.75, 3.05) is 0 Å². The number of hydrogen-bond acceptors (Lipinski definition) is 1. The maximum atomic E-state index is 9.92. The van der Waals surface area contributed by atoms with Crippen molar-refractivity contribution in [2.24, 2.45) is 0 Å². The van der Waals surface area contributed by atoms with Gasteiger partial charge in [0.25, 0.3) is 0 Å². The first kappa shape index (κ1) is 14.1. The van der Waals surface area contributed by atoms with Crippen LogP contribution in [-0.2, 0) is 0 Å². The Kier molecular flexibility index (Phi) is 4.20. The molecule has 0 bridgehead atoms. The molecule has 2 aromatic rings. The van der Waals surface area contributed by atoms with Crippen LogP contribution in [0.15, 0.2) is 24.3 Å². The average molecular weight is 342 g/mol.